The van der Waals surface area contributed by atoms with E-state index in [1.54, 1.807) is 0 Å². The van der Waals surface area contributed by atoms with Crippen molar-refractivity contribution in [2.75, 3.05) is 18.0 Å². The van der Waals surface area contributed by atoms with Gasteiger partial charge in [0.05, 0.1) is 5.56 Å². The lowest BCUT2D eigenvalue weighted by molar-refractivity contribution is 0.357. The van der Waals surface area contributed by atoms with Crippen LogP contribution in [0, 0.1) is 23.2 Å². The Kier molecular flexibility index (Phi) is 3.73. The first-order chi connectivity index (χ1) is 8.10. The molecule has 2 atom stereocenters. The summed E-state index contributed by atoms with van der Waals surface area (Å²) >= 11 is 3.45. The van der Waals surface area contributed by atoms with Crippen molar-refractivity contribution in [3.63, 3.8) is 0 Å². The van der Waals surface area contributed by atoms with Crippen LogP contribution in [0.25, 0.3) is 0 Å². The van der Waals surface area contributed by atoms with E-state index in [0.29, 0.717) is 5.56 Å². The third-order valence-corrected chi connectivity index (χ3v) is 3.96. The van der Waals surface area contributed by atoms with Gasteiger partial charge >= 0.3 is 0 Å². The number of halogens is 1. The molecule has 0 radical (unpaired) electrons. The van der Waals surface area contributed by atoms with Crippen LogP contribution >= 0.6 is 15.9 Å². The van der Waals surface area contributed by atoms with Gasteiger partial charge in [-0.1, -0.05) is 13.8 Å². The number of rotatable bonds is 1. The highest BCUT2D eigenvalue weighted by Gasteiger charge is 2.22. The van der Waals surface area contributed by atoms with Crippen molar-refractivity contribution >= 4 is 21.6 Å². The molecule has 17 heavy (non-hydrogen) atoms. The average molecular weight is 293 g/mol. The van der Waals surface area contributed by atoms with Gasteiger partial charge in [-0.05, 0) is 52.4 Å². The molecule has 1 aliphatic heterocycles. The van der Waals surface area contributed by atoms with Gasteiger partial charge in [0, 0.05) is 23.2 Å². The first-order valence-corrected chi connectivity index (χ1v) is 6.84. The summed E-state index contributed by atoms with van der Waals surface area (Å²) in [5.41, 5.74) is 1.92. The van der Waals surface area contributed by atoms with E-state index < -0.39 is 0 Å². The van der Waals surface area contributed by atoms with Crippen molar-refractivity contribution in [3.05, 3.63) is 28.2 Å². The molecule has 0 spiro atoms. The van der Waals surface area contributed by atoms with Crippen LogP contribution in [0.2, 0.25) is 0 Å². The molecule has 0 N–H and O–H groups in total. The fourth-order valence-electron chi connectivity index (χ4n) is 2.67. The molecule has 1 fully saturated rings. The SMILES string of the molecule is CC1CC(C)CN(c2ccc(C#N)c(Br)c2)C1. The number of piperidine rings is 1. The van der Waals surface area contributed by atoms with Gasteiger partial charge in [-0.15, -0.1) is 0 Å². The normalized spacial score (nSPS) is 24.5. The van der Waals surface area contributed by atoms with Gasteiger partial charge in [-0.2, -0.15) is 5.26 Å². The molecule has 1 aromatic carbocycles. The molecule has 0 amide bonds. The molecule has 0 bridgehead atoms. The predicted octanol–water partition coefficient (Wildman–Crippen LogP) is 3.80. The van der Waals surface area contributed by atoms with E-state index in [2.05, 4.69) is 46.8 Å². The number of nitriles is 1. The Hall–Kier alpha value is -1.01. The lowest BCUT2D eigenvalue weighted by Gasteiger charge is -2.36. The Balaban J connectivity index is 2.22. The fourth-order valence-corrected chi connectivity index (χ4v) is 3.12. The van der Waals surface area contributed by atoms with Crippen molar-refractivity contribution in [2.24, 2.45) is 11.8 Å². The van der Waals surface area contributed by atoms with Crippen LogP contribution in [0.4, 0.5) is 5.69 Å². The molecule has 0 aliphatic carbocycles. The van der Waals surface area contributed by atoms with Gasteiger partial charge in [0.15, 0.2) is 0 Å². The number of hydrogen-bond donors (Lipinski definition) is 0. The van der Waals surface area contributed by atoms with E-state index in [0.717, 1.165) is 29.4 Å². The number of benzene rings is 1. The van der Waals surface area contributed by atoms with Crippen LogP contribution < -0.4 is 4.90 Å². The van der Waals surface area contributed by atoms with Crippen LogP contribution in [0.1, 0.15) is 25.8 Å². The highest BCUT2D eigenvalue weighted by Crippen LogP contribution is 2.29. The van der Waals surface area contributed by atoms with E-state index in [9.17, 15) is 0 Å². The second kappa shape index (κ2) is 5.10. The summed E-state index contributed by atoms with van der Waals surface area (Å²) in [5.74, 6) is 1.49. The van der Waals surface area contributed by atoms with Crippen LogP contribution in [-0.2, 0) is 0 Å². The quantitative estimate of drug-likeness (QED) is 0.787. The van der Waals surface area contributed by atoms with Crippen LogP contribution in [0.15, 0.2) is 22.7 Å². The lowest BCUT2D eigenvalue weighted by Crippen LogP contribution is -2.38. The van der Waals surface area contributed by atoms with E-state index >= 15 is 0 Å². The monoisotopic (exact) mass is 292 g/mol. The highest BCUT2D eigenvalue weighted by molar-refractivity contribution is 9.10. The molecular formula is C14H17BrN2. The Bertz CT molecular complexity index is 440. The second-order valence-electron chi connectivity index (χ2n) is 5.13. The topological polar surface area (TPSA) is 27.0 Å². The smallest absolute Gasteiger partial charge is 0.100 e. The second-order valence-corrected chi connectivity index (χ2v) is 5.98. The molecule has 1 saturated heterocycles. The van der Waals surface area contributed by atoms with E-state index in [4.69, 9.17) is 5.26 Å². The van der Waals surface area contributed by atoms with Crippen LogP contribution in [0.3, 0.4) is 0 Å². The first kappa shape index (κ1) is 12.4. The maximum absolute atomic E-state index is 8.91. The summed E-state index contributed by atoms with van der Waals surface area (Å²) in [4.78, 5) is 2.42. The third kappa shape index (κ3) is 2.81. The third-order valence-electron chi connectivity index (χ3n) is 3.31. The minimum atomic E-state index is 0.701. The van der Waals surface area contributed by atoms with Gasteiger partial charge in [0.25, 0.3) is 0 Å². The number of hydrogen-bond acceptors (Lipinski definition) is 2. The zero-order valence-corrected chi connectivity index (χ0v) is 11.9. The molecule has 0 aromatic heterocycles. The average Bonchev–Trinajstić information content (AvgIpc) is 2.27. The Labute approximate surface area is 111 Å². The maximum Gasteiger partial charge on any atom is 0.100 e. The molecule has 2 rings (SSSR count). The Morgan fingerprint density at radius 1 is 1.29 bits per heavy atom. The zero-order chi connectivity index (χ0) is 12.4. The summed E-state index contributed by atoms with van der Waals surface area (Å²) in [6.45, 7) is 6.84. The molecule has 1 aromatic rings. The van der Waals surface area contributed by atoms with Crippen LogP contribution in [-0.4, -0.2) is 13.1 Å². The van der Waals surface area contributed by atoms with Crippen molar-refractivity contribution in [1.29, 1.82) is 5.26 Å². The molecular weight excluding hydrogens is 276 g/mol. The molecule has 90 valence electrons. The van der Waals surface area contributed by atoms with Crippen molar-refractivity contribution in [3.8, 4) is 6.07 Å². The Morgan fingerprint density at radius 3 is 2.47 bits per heavy atom. The van der Waals surface area contributed by atoms with Crippen molar-refractivity contribution < 1.29 is 0 Å². The highest BCUT2D eigenvalue weighted by atomic mass is 79.9. The summed E-state index contributed by atoms with van der Waals surface area (Å²) in [6.07, 6.45) is 1.31. The summed E-state index contributed by atoms with van der Waals surface area (Å²) < 4.78 is 0.892. The Morgan fingerprint density at radius 2 is 1.94 bits per heavy atom. The molecule has 1 heterocycles. The van der Waals surface area contributed by atoms with E-state index in [-0.39, 0.29) is 0 Å². The molecule has 3 heteroatoms. The van der Waals surface area contributed by atoms with Crippen LogP contribution in [0.5, 0.6) is 0 Å². The largest absolute Gasteiger partial charge is 0.371 e. The van der Waals surface area contributed by atoms with Gasteiger partial charge in [-0.25, -0.2) is 0 Å². The first-order valence-electron chi connectivity index (χ1n) is 6.04. The zero-order valence-electron chi connectivity index (χ0n) is 10.3. The predicted molar refractivity (Wildman–Crippen MR) is 74.0 cm³/mol. The van der Waals surface area contributed by atoms with E-state index in [1.165, 1.54) is 12.1 Å². The number of nitrogens with zero attached hydrogens (tertiary/aromatic N) is 2. The summed E-state index contributed by atoms with van der Waals surface area (Å²) in [7, 11) is 0. The standard InChI is InChI=1S/C14H17BrN2/c1-10-5-11(2)9-17(8-10)13-4-3-12(7-16)14(15)6-13/h3-4,6,10-11H,5,8-9H2,1-2H3. The van der Waals surface area contributed by atoms with Crippen molar-refractivity contribution in [1.82, 2.24) is 0 Å². The fraction of sp³-hybridized carbons (Fsp3) is 0.500. The molecule has 0 saturated carbocycles. The minimum Gasteiger partial charge on any atom is -0.371 e. The molecule has 1 aliphatic rings. The summed E-state index contributed by atoms with van der Waals surface area (Å²) in [5, 5.41) is 8.91. The minimum absolute atomic E-state index is 0.701. The molecule has 2 unspecified atom stereocenters. The van der Waals surface area contributed by atoms with Crippen molar-refractivity contribution in [2.45, 2.75) is 20.3 Å². The maximum atomic E-state index is 8.91. The van der Waals surface area contributed by atoms with Gasteiger partial charge in [0.1, 0.15) is 6.07 Å². The van der Waals surface area contributed by atoms with Gasteiger partial charge < -0.3 is 4.90 Å². The van der Waals surface area contributed by atoms with E-state index in [1.807, 2.05) is 12.1 Å². The van der Waals surface area contributed by atoms with Gasteiger partial charge in [-0.3, -0.25) is 0 Å². The number of anilines is 1. The lowest BCUT2D eigenvalue weighted by atomic mass is 9.91. The summed E-state index contributed by atoms with van der Waals surface area (Å²) in [6, 6.07) is 8.18. The molecule has 2 nitrogen and oxygen atoms in total. The van der Waals surface area contributed by atoms with Gasteiger partial charge in [0.2, 0.25) is 0 Å².